The van der Waals surface area contributed by atoms with E-state index in [1.54, 1.807) is 0 Å². The number of fused-ring (bicyclic) bond motifs is 1. The Morgan fingerprint density at radius 3 is 2.46 bits per heavy atom. The van der Waals surface area contributed by atoms with Gasteiger partial charge >= 0.3 is 0 Å². The second-order valence-corrected chi connectivity index (χ2v) is 8.02. The molecule has 6 nitrogen and oxygen atoms in total. The van der Waals surface area contributed by atoms with E-state index in [0.29, 0.717) is 11.5 Å². The molecule has 1 aliphatic heterocycles. The van der Waals surface area contributed by atoms with Crippen molar-refractivity contribution in [2.45, 2.75) is 71.4 Å². The number of carbonyl (C=O) groups excluding carboxylic acids is 2. The monoisotopic (exact) mass is 380 g/mol. The molecular formula is C22H28N4O2. The number of anilines is 1. The molecule has 1 aromatic heterocycles. The summed E-state index contributed by atoms with van der Waals surface area (Å²) in [6.45, 7) is 4.70. The zero-order chi connectivity index (χ0) is 19.7. The fourth-order valence-electron chi connectivity index (χ4n) is 4.40. The molecular weight excluding hydrogens is 352 g/mol. The molecule has 2 heterocycles. The molecule has 1 aliphatic carbocycles. The Morgan fingerprint density at radius 1 is 1.04 bits per heavy atom. The van der Waals surface area contributed by atoms with Gasteiger partial charge in [-0.3, -0.25) is 9.59 Å². The largest absolute Gasteiger partial charge is 0.347 e. The van der Waals surface area contributed by atoms with Crippen LogP contribution in [-0.2, 0) is 13.0 Å². The van der Waals surface area contributed by atoms with Crippen molar-refractivity contribution in [2.24, 2.45) is 0 Å². The second-order valence-electron chi connectivity index (χ2n) is 8.02. The van der Waals surface area contributed by atoms with E-state index in [9.17, 15) is 9.59 Å². The number of aromatic nitrogens is 2. The lowest BCUT2D eigenvalue weighted by Gasteiger charge is -2.18. The van der Waals surface area contributed by atoms with Crippen LogP contribution in [0.15, 0.2) is 18.2 Å². The number of rotatable bonds is 4. The van der Waals surface area contributed by atoms with Crippen LogP contribution in [0.2, 0.25) is 0 Å². The summed E-state index contributed by atoms with van der Waals surface area (Å²) in [6, 6.07) is 6.16. The molecule has 148 valence electrons. The predicted octanol–water partition coefficient (Wildman–Crippen LogP) is 3.76. The lowest BCUT2D eigenvalue weighted by molar-refractivity contribution is 0.0921. The van der Waals surface area contributed by atoms with Crippen LogP contribution in [0.3, 0.4) is 0 Å². The van der Waals surface area contributed by atoms with Crippen LogP contribution < -0.4 is 10.6 Å². The third-order valence-electron chi connectivity index (χ3n) is 5.95. The zero-order valence-electron chi connectivity index (χ0n) is 16.7. The number of amides is 2. The van der Waals surface area contributed by atoms with Crippen LogP contribution in [0.25, 0.3) is 0 Å². The minimum Gasteiger partial charge on any atom is -0.347 e. The normalized spacial score (nSPS) is 16.6. The summed E-state index contributed by atoms with van der Waals surface area (Å²) in [5, 5.41) is 6.14. The maximum absolute atomic E-state index is 13.1. The Kier molecular flexibility index (Phi) is 5.20. The van der Waals surface area contributed by atoms with Crippen LogP contribution in [0.5, 0.6) is 0 Å². The van der Waals surface area contributed by atoms with Gasteiger partial charge in [-0.25, -0.2) is 4.98 Å². The van der Waals surface area contributed by atoms with Crippen LogP contribution in [0.1, 0.15) is 76.5 Å². The molecule has 0 saturated heterocycles. The van der Waals surface area contributed by atoms with Gasteiger partial charge in [0.15, 0.2) is 11.5 Å². The number of nitrogens with one attached hydrogen (secondary N) is 2. The minimum absolute atomic E-state index is 0.152. The molecule has 0 atom stereocenters. The third-order valence-corrected chi connectivity index (χ3v) is 5.95. The van der Waals surface area contributed by atoms with Crippen LogP contribution in [0.4, 0.5) is 5.69 Å². The Bertz CT molecular complexity index is 889. The highest BCUT2D eigenvalue weighted by Crippen LogP contribution is 2.25. The quantitative estimate of drug-likeness (QED) is 0.848. The Morgan fingerprint density at radius 2 is 1.75 bits per heavy atom. The van der Waals surface area contributed by atoms with Crippen molar-refractivity contribution >= 4 is 17.5 Å². The lowest BCUT2D eigenvalue weighted by Crippen LogP contribution is -2.35. The smallest absolute Gasteiger partial charge is 0.287 e. The van der Waals surface area contributed by atoms with Gasteiger partial charge in [-0.1, -0.05) is 31.0 Å². The summed E-state index contributed by atoms with van der Waals surface area (Å²) in [5.41, 5.74) is 4.12. The molecule has 2 aliphatic rings. The van der Waals surface area contributed by atoms with Crippen LogP contribution >= 0.6 is 0 Å². The number of aryl methyl sites for hydroxylation is 2. The van der Waals surface area contributed by atoms with Crippen molar-refractivity contribution in [1.82, 2.24) is 14.9 Å². The highest BCUT2D eigenvalue weighted by atomic mass is 16.2. The van der Waals surface area contributed by atoms with E-state index in [0.717, 1.165) is 74.0 Å². The van der Waals surface area contributed by atoms with Gasteiger partial charge in [-0.05, 0) is 57.1 Å². The number of carbonyl (C=O) groups is 2. The molecule has 1 saturated carbocycles. The van der Waals surface area contributed by atoms with Crippen molar-refractivity contribution in [3.63, 3.8) is 0 Å². The molecule has 28 heavy (non-hydrogen) atoms. The average Bonchev–Trinajstić information content (AvgIpc) is 3.32. The molecule has 6 heteroatoms. The van der Waals surface area contributed by atoms with Gasteiger partial charge < -0.3 is 15.2 Å². The van der Waals surface area contributed by atoms with Gasteiger partial charge in [-0.15, -0.1) is 0 Å². The maximum Gasteiger partial charge on any atom is 0.287 e. The van der Waals surface area contributed by atoms with Crippen molar-refractivity contribution in [3.05, 3.63) is 46.5 Å². The summed E-state index contributed by atoms with van der Waals surface area (Å²) >= 11 is 0. The Labute approximate surface area is 165 Å². The number of nitrogens with zero attached hydrogens (tertiary/aromatic N) is 2. The van der Waals surface area contributed by atoms with E-state index >= 15 is 0 Å². The molecule has 2 amide bonds. The zero-order valence-corrected chi connectivity index (χ0v) is 16.7. The molecule has 0 radical (unpaired) electrons. The van der Waals surface area contributed by atoms with E-state index in [1.807, 2.05) is 36.6 Å². The summed E-state index contributed by atoms with van der Waals surface area (Å²) < 4.78 is 1.95. The van der Waals surface area contributed by atoms with E-state index in [1.165, 1.54) is 0 Å². The molecule has 4 rings (SSSR count). The summed E-state index contributed by atoms with van der Waals surface area (Å²) in [7, 11) is 0. The van der Waals surface area contributed by atoms with Gasteiger partial charge in [-0.2, -0.15) is 0 Å². The molecule has 0 unspecified atom stereocenters. The van der Waals surface area contributed by atoms with Gasteiger partial charge in [0.05, 0.1) is 5.69 Å². The second kappa shape index (κ2) is 7.78. The molecule has 1 aromatic carbocycles. The number of benzene rings is 1. The van der Waals surface area contributed by atoms with Crippen LogP contribution in [0, 0.1) is 13.8 Å². The Balaban J connectivity index is 1.62. The first-order valence-electron chi connectivity index (χ1n) is 10.3. The topological polar surface area (TPSA) is 76.0 Å². The van der Waals surface area contributed by atoms with Crippen molar-refractivity contribution in [2.75, 3.05) is 5.32 Å². The van der Waals surface area contributed by atoms with Crippen molar-refractivity contribution in [1.29, 1.82) is 0 Å². The number of hydrogen-bond acceptors (Lipinski definition) is 3. The minimum atomic E-state index is -0.233. The SMILES string of the molecule is Cc1cccc(C)c1NC(=O)c1nc(C(=O)NC2CCCC2)n2c1CCCC2. The van der Waals surface area contributed by atoms with Crippen molar-refractivity contribution < 1.29 is 9.59 Å². The highest BCUT2D eigenvalue weighted by Gasteiger charge is 2.29. The third kappa shape index (κ3) is 3.55. The first-order chi connectivity index (χ1) is 13.5. The first-order valence-corrected chi connectivity index (χ1v) is 10.3. The Hall–Kier alpha value is -2.63. The summed E-state index contributed by atoms with van der Waals surface area (Å²) in [4.78, 5) is 30.4. The first kappa shape index (κ1) is 18.7. The molecule has 0 spiro atoms. The van der Waals surface area contributed by atoms with Gasteiger partial charge in [0.25, 0.3) is 11.8 Å². The fraction of sp³-hybridized carbons (Fsp3) is 0.500. The van der Waals surface area contributed by atoms with E-state index in [4.69, 9.17) is 0 Å². The molecule has 2 aromatic rings. The summed E-state index contributed by atoms with van der Waals surface area (Å²) in [5.74, 6) is -0.00241. The van der Waals surface area contributed by atoms with Crippen molar-refractivity contribution in [3.8, 4) is 0 Å². The molecule has 1 fully saturated rings. The van der Waals surface area contributed by atoms with Crippen LogP contribution in [-0.4, -0.2) is 27.4 Å². The standard InChI is InChI=1S/C22H28N4O2/c1-14-8-7-9-15(2)18(14)25-21(27)19-17-12-5-6-13-26(17)20(24-19)22(28)23-16-10-3-4-11-16/h7-9,16H,3-6,10-13H2,1-2H3,(H,23,28)(H,25,27). The van der Waals surface area contributed by atoms with E-state index < -0.39 is 0 Å². The van der Waals surface area contributed by atoms with E-state index in [-0.39, 0.29) is 17.9 Å². The van der Waals surface area contributed by atoms with Gasteiger partial charge in [0, 0.05) is 18.3 Å². The fourth-order valence-corrected chi connectivity index (χ4v) is 4.40. The van der Waals surface area contributed by atoms with Gasteiger partial charge in [0.2, 0.25) is 0 Å². The maximum atomic E-state index is 13.1. The molecule has 2 N–H and O–H groups in total. The summed E-state index contributed by atoms with van der Waals surface area (Å²) in [6.07, 6.45) is 7.17. The number of para-hydroxylation sites is 1. The van der Waals surface area contributed by atoms with Gasteiger partial charge in [0.1, 0.15) is 0 Å². The number of hydrogen-bond donors (Lipinski definition) is 2. The number of imidazole rings is 1. The lowest BCUT2D eigenvalue weighted by atomic mass is 10.1. The average molecular weight is 380 g/mol. The molecule has 0 bridgehead atoms. The van der Waals surface area contributed by atoms with E-state index in [2.05, 4.69) is 15.6 Å². The highest BCUT2D eigenvalue weighted by molar-refractivity contribution is 6.05. The predicted molar refractivity (Wildman–Crippen MR) is 109 cm³/mol.